The van der Waals surface area contributed by atoms with E-state index in [1.165, 1.54) is 4.90 Å². The van der Waals surface area contributed by atoms with Gasteiger partial charge < -0.3 is 9.84 Å². The Labute approximate surface area is 122 Å². The van der Waals surface area contributed by atoms with Gasteiger partial charge in [-0.05, 0) is 5.56 Å². The first-order valence-electron chi connectivity index (χ1n) is 7.32. The molecule has 4 rings (SSSR count). The molecule has 3 heterocycles. The number of rotatable bonds is 2. The lowest BCUT2D eigenvalue weighted by molar-refractivity contribution is -0.143. The summed E-state index contributed by atoms with van der Waals surface area (Å²) in [6.45, 7) is 2.18. The summed E-state index contributed by atoms with van der Waals surface area (Å²) >= 11 is 0. The number of likely N-dealkylation sites (tertiary alicyclic amines) is 1. The highest BCUT2D eigenvalue weighted by atomic mass is 16.5. The lowest BCUT2D eigenvalue weighted by Crippen LogP contribution is -2.43. The van der Waals surface area contributed by atoms with Crippen LogP contribution in [-0.4, -0.2) is 40.1 Å². The Balaban J connectivity index is 1.62. The number of hydrogen-bond donors (Lipinski definition) is 1. The molecule has 0 aliphatic carbocycles. The summed E-state index contributed by atoms with van der Waals surface area (Å²) in [6, 6.07) is 9.48. The van der Waals surface area contributed by atoms with Gasteiger partial charge in [0.15, 0.2) is 0 Å². The molecule has 4 unspecified atom stereocenters. The van der Waals surface area contributed by atoms with E-state index in [2.05, 4.69) is 0 Å². The largest absolute Gasteiger partial charge is 0.390 e. The summed E-state index contributed by atoms with van der Waals surface area (Å²) in [5.41, 5.74) is 0.932. The van der Waals surface area contributed by atoms with E-state index in [1.54, 1.807) is 0 Å². The minimum atomic E-state index is -0.648. The SMILES string of the molecule is C[C@H]1C(O)C2O[C@H]1C1C(=O)N(Cc3ccccc3)C(=O)C21. The Morgan fingerprint density at radius 3 is 2.38 bits per heavy atom. The number of benzene rings is 1. The van der Waals surface area contributed by atoms with Gasteiger partial charge >= 0.3 is 0 Å². The monoisotopic (exact) mass is 287 g/mol. The van der Waals surface area contributed by atoms with Crippen LogP contribution in [0.5, 0.6) is 0 Å². The Morgan fingerprint density at radius 2 is 1.71 bits per heavy atom. The van der Waals surface area contributed by atoms with Crippen LogP contribution in [0.15, 0.2) is 30.3 Å². The van der Waals surface area contributed by atoms with Gasteiger partial charge in [0.25, 0.3) is 0 Å². The summed E-state index contributed by atoms with van der Waals surface area (Å²) in [5, 5.41) is 10.1. The minimum Gasteiger partial charge on any atom is -0.390 e. The summed E-state index contributed by atoms with van der Waals surface area (Å²) < 4.78 is 5.68. The second-order valence-corrected chi connectivity index (χ2v) is 6.21. The Bertz CT molecular complexity index is 570. The molecule has 0 saturated carbocycles. The molecule has 0 radical (unpaired) electrons. The molecule has 21 heavy (non-hydrogen) atoms. The van der Waals surface area contributed by atoms with Crippen LogP contribution in [0.4, 0.5) is 0 Å². The number of carbonyl (C=O) groups excluding carboxylic acids is 2. The molecule has 5 heteroatoms. The standard InChI is InChI=1S/C16H17NO4/c1-8-12(18)14-11-10(13(8)21-14)15(19)17(16(11)20)7-9-5-3-2-4-6-9/h2-6,8,10-14,18H,7H2,1H3/t8-,10?,11?,12?,13+,14?/m0/s1. The zero-order valence-corrected chi connectivity index (χ0v) is 11.7. The highest BCUT2D eigenvalue weighted by molar-refractivity contribution is 6.06. The molecule has 6 atom stereocenters. The van der Waals surface area contributed by atoms with Gasteiger partial charge in [-0.3, -0.25) is 14.5 Å². The fourth-order valence-corrected chi connectivity index (χ4v) is 3.98. The molecule has 2 bridgehead atoms. The van der Waals surface area contributed by atoms with Gasteiger partial charge in [0.2, 0.25) is 11.8 Å². The van der Waals surface area contributed by atoms with Crippen LogP contribution in [0.25, 0.3) is 0 Å². The summed E-state index contributed by atoms with van der Waals surface area (Å²) in [6.07, 6.45) is -1.50. The van der Waals surface area contributed by atoms with Crippen molar-refractivity contribution in [3.63, 3.8) is 0 Å². The highest BCUT2D eigenvalue weighted by Gasteiger charge is 2.67. The number of amides is 2. The number of aliphatic hydroxyl groups is 1. The number of carbonyl (C=O) groups is 2. The van der Waals surface area contributed by atoms with E-state index in [1.807, 2.05) is 37.3 Å². The fourth-order valence-electron chi connectivity index (χ4n) is 3.98. The van der Waals surface area contributed by atoms with Crippen LogP contribution in [0, 0.1) is 17.8 Å². The molecule has 3 saturated heterocycles. The molecular formula is C16H17NO4. The number of fused-ring (bicyclic) bond motifs is 5. The average Bonchev–Trinajstić information content (AvgIpc) is 3.09. The molecule has 2 amide bonds. The van der Waals surface area contributed by atoms with Gasteiger partial charge in [-0.1, -0.05) is 37.3 Å². The predicted molar refractivity (Wildman–Crippen MR) is 72.8 cm³/mol. The van der Waals surface area contributed by atoms with Crippen molar-refractivity contribution in [1.29, 1.82) is 0 Å². The van der Waals surface area contributed by atoms with Crippen molar-refractivity contribution in [3.05, 3.63) is 35.9 Å². The van der Waals surface area contributed by atoms with E-state index < -0.39 is 24.0 Å². The van der Waals surface area contributed by atoms with Crippen molar-refractivity contribution in [2.24, 2.45) is 17.8 Å². The third-order valence-electron chi connectivity index (χ3n) is 5.09. The van der Waals surface area contributed by atoms with Crippen LogP contribution < -0.4 is 0 Å². The molecule has 1 N–H and O–H groups in total. The van der Waals surface area contributed by atoms with Gasteiger partial charge in [0.05, 0.1) is 36.7 Å². The van der Waals surface area contributed by atoms with E-state index in [0.29, 0.717) is 6.54 Å². The quantitative estimate of drug-likeness (QED) is 0.807. The molecule has 0 aromatic heterocycles. The molecule has 3 aliphatic rings. The van der Waals surface area contributed by atoms with Crippen LogP contribution in [-0.2, 0) is 20.9 Å². The highest BCUT2D eigenvalue weighted by Crippen LogP contribution is 2.51. The number of aliphatic hydroxyl groups excluding tert-OH is 1. The molecule has 3 aliphatic heterocycles. The smallest absolute Gasteiger partial charge is 0.236 e. The van der Waals surface area contributed by atoms with Crippen molar-refractivity contribution in [2.75, 3.05) is 0 Å². The molecule has 110 valence electrons. The lowest BCUT2D eigenvalue weighted by Gasteiger charge is -2.26. The zero-order valence-electron chi connectivity index (χ0n) is 11.7. The minimum absolute atomic E-state index is 0.0929. The third kappa shape index (κ3) is 1.64. The lowest BCUT2D eigenvalue weighted by atomic mass is 9.74. The predicted octanol–water partition coefficient (Wildman–Crippen LogP) is 0.566. The van der Waals surface area contributed by atoms with Gasteiger partial charge in [-0.2, -0.15) is 0 Å². The van der Waals surface area contributed by atoms with E-state index >= 15 is 0 Å². The van der Waals surface area contributed by atoms with Crippen molar-refractivity contribution in [2.45, 2.75) is 31.8 Å². The molecule has 1 aromatic carbocycles. The number of ether oxygens (including phenoxy) is 1. The van der Waals surface area contributed by atoms with E-state index in [0.717, 1.165) is 5.56 Å². The van der Waals surface area contributed by atoms with Gasteiger partial charge in [0, 0.05) is 5.92 Å². The Morgan fingerprint density at radius 1 is 1.10 bits per heavy atom. The average molecular weight is 287 g/mol. The van der Waals surface area contributed by atoms with E-state index in [-0.39, 0.29) is 23.8 Å². The van der Waals surface area contributed by atoms with Crippen LogP contribution in [0.1, 0.15) is 12.5 Å². The zero-order chi connectivity index (χ0) is 14.7. The van der Waals surface area contributed by atoms with Crippen molar-refractivity contribution >= 4 is 11.8 Å². The normalized spacial score (nSPS) is 41.0. The molecule has 1 aromatic rings. The Hall–Kier alpha value is -1.72. The van der Waals surface area contributed by atoms with Gasteiger partial charge in [-0.15, -0.1) is 0 Å². The van der Waals surface area contributed by atoms with E-state index in [9.17, 15) is 14.7 Å². The van der Waals surface area contributed by atoms with Gasteiger partial charge in [0.1, 0.15) is 0 Å². The fraction of sp³-hybridized carbons (Fsp3) is 0.500. The first-order valence-corrected chi connectivity index (χ1v) is 7.32. The van der Waals surface area contributed by atoms with Crippen LogP contribution in [0.3, 0.4) is 0 Å². The number of hydrogen-bond acceptors (Lipinski definition) is 4. The summed E-state index contributed by atoms with van der Waals surface area (Å²) in [5.74, 6) is -1.36. The van der Waals surface area contributed by atoms with Crippen molar-refractivity contribution in [3.8, 4) is 0 Å². The maximum absolute atomic E-state index is 12.6. The second kappa shape index (κ2) is 4.39. The first kappa shape index (κ1) is 13.0. The van der Waals surface area contributed by atoms with Crippen LogP contribution in [0.2, 0.25) is 0 Å². The van der Waals surface area contributed by atoms with Crippen LogP contribution >= 0.6 is 0 Å². The Kier molecular flexibility index (Phi) is 2.71. The van der Waals surface area contributed by atoms with E-state index in [4.69, 9.17) is 4.74 Å². The summed E-state index contributed by atoms with van der Waals surface area (Å²) in [4.78, 5) is 26.5. The molecular weight excluding hydrogens is 270 g/mol. The number of imide groups is 1. The van der Waals surface area contributed by atoms with Crippen molar-refractivity contribution < 1.29 is 19.4 Å². The third-order valence-corrected chi connectivity index (χ3v) is 5.09. The topological polar surface area (TPSA) is 66.8 Å². The van der Waals surface area contributed by atoms with Gasteiger partial charge in [-0.25, -0.2) is 0 Å². The maximum Gasteiger partial charge on any atom is 0.236 e. The summed E-state index contributed by atoms with van der Waals surface area (Å²) in [7, 11) is 0. The number of nitrogens with zero attached hydrogens (tertiary/aromatic N) is 1. The molecule has 5 nitrogen and oxygen atoms in total. The van der Waals surface area contributed by atoms with Crippen molar-refractivity contribution in [1.82, 2.24) is 4.90 Å². The maximum atomic E-state index is 12.6. The first-order chi connectivity index (χ1) is 10.1. The molecule has 0 spiro atoms. The molecule has 3 fully saturated rings. The second-order valence-electron chi connectivity index (χ2n) is 6.21.